The first-order valence-corrected chi connectivity index (χ1v) is 16.9. The zero-order valence-electron chi connectivity index (χ0n) is 26.9. The van der Waals surface area contributed by atoms with Gasteiger partial charge < -0.3 is 24.3 Å². The number of hydrogen-bond acceptors (Lipinski definition) is 11. The zero-order valence-corrected chi connectivity index (χ0v) is 27.6. The second-order valence-corrected chi connectivity index (χ2v) is 13.0. The number of anilines is 2. The predicted octanol–water partition coefficient (Wildman–Crippen LogP) is 5.17. The fraction of sp³-hybridized carbons (Fsp3) is 0.545. The highest BCUT2D eigenvalue weighted by Gasteiger charge is 2.42. The molecule has 3 aromatic heterocycles. The first-order valence-electron chi connectivity index (χ1n) is 16.5. The Morgan fingerprint density at radius 2 is 1.72 bits per heavy atom. The third-order valence-corrected chi connectivity index (χ3v) is 9.70. The molecule has 2 bridgehead atoms. The highest BCUT2D eigenvalue weighted by atomic mass is 35.5. The molecular weight excluding hydrogens is 622 g/mol. The van der Waals surface area contributed by atoms with Crippen molar-refractivity contribution in [2.75, 3.05) is 38.9 Å². The quantitative estimate of drug-likeness (QED) is 0.190. The van der Waals surface area contributed by atoms with Crippen molar-refractivity contribution in [3.8, 4) is 22.8 Å². The maximum atomic E-state index is 6.46. The second-order valence-electron chi connectivity index (χ2n) is 12.6. The average molecular weight is 664 g/mol. The van der Waals surface area contributed by atoms with Gasteiger partial charge in [0.05, 0.1) is 43.6 Å². The Hall–Kier alpha value is -3.78. The number of methoxy groups -OCH3 is 1. The first-order chi connectivity index (χ1) is 23.0. The monoisotopic (exact) mass is 663 g/mol. The Balaban J connectivity index is 1.01. The van der Waals surface area contributed by atoms with Crippen molar-refractivity contribution in [1.82, 2.24) is 39.4 Å². The number of fused-ring (bicyclic) bond motifs is 2. The van der Waals surface area contributed by atoms with E-state index in [1.807, 2.05) is 31.3 Å². The van der Waals surface area contributed by atoms with Crippen molar-refractivity contribution >= 4 is 23.2 Å². The molecule has 0 spiro atoms. The number of hydrogen-bond donors (Lipinski definition) is 1. The molecule has 13 nitrogen and oxygen atoms in total. The van der Waals surface area contributed by atoms with Crippen molar-refractivity contribution in [3.05, 3.63) is 54.5 Å². The summed E-state index contributed by atoms with van der Waals surface area (Å²) in [5.41, 5.74) is 2.45. The number of aromatic nitrogens is 7. The summed E-state index contributed by atoms with van der Waals surface area (Å²) in [6, 6.07) is 7.78. The summed E-state index contributed by atoms with van der Waals surface area (Å²) in [6.45, 7) is 5.15. The minimum absolute atomic E-state index is 0.164. The SMILES string of the molecule is COCCOc1nn(C2CCC(N3[C@@H]4CC[C@H]3COC4)CC2)cc1Nc1ncc(-c2ccc(Cl)c(OC(C)Cn3cncn3)c2)cn1. The number of rotatable bonds is 13. The minimum Gasteiger partial charge on any atom is -0.487 e. The van der Waals surface area contributed by atoms with E-state index in [-0.39, 0.29) is 6.10 Å². The Kier molecular flexibility index (Phi) is 9.84. The van der Waals surface area contributed by atoms with Crippen LogP contribution in [0.2, 0.25) is 5.02 Å². The van der Waals surface area contributed by atoms with E-state index >= 15 is 0 Å². The summed E-state index contributed by atoms with van der Waals surface area (Å²) in [5.74, 6) is 1.54. The summed E-state index contributed by atoms with van der Waals surface area (Å²) < 4.78 is 27.0. The fourth-order valence-electron chi connectivity index (χ4n) is 7.13. The molecular formula is C33H42ClN9O4. The molecule has 5 heterocycles. The molecule has 0 radical (unpaired) electrons. The molecule has 2 aliphatic heterocycles. The van der Waals surface area contributed by atoms with Gasteiger partial charge in [0.25, 0.3) is 5.88 Å². The van der Waals surface area contributed by atoms with E-state index in [0.29, 0.717) is 66.5 Å². The van der Waals surface area contributed by atoms with Crippen molar-refractivity contribution < 1.29 is 18.9 Å². The van der Waals surface area contributed by atoms with E-state index < -0.39 is 0 Å². The number of halogens is 1. The van der Waals surface area contributed by atoms with Crippen molar-refractivity contribution in [2.45, 2.75) is 82.3 Å². The number of benzene rings is 1. The van der Waals surface area contributed by atoms with Gasteiger partial charge in [0.2, 0.25) is 5.95 Å². The van der Waals surface area contributed by atoms with Crippen LogP contribution in [0.1, 0.15) is 51.5 Å². The van der Waals surface area contributed by atoms with Gasteiger partial charge in [-0.2, -0.15) is 5.10 Å². The molecule has 250 valence electrons. The topological polar surface area (TPSA) is 127 Å². The largest absolute Gasteiger partial charge is 0.487 e. The second kappa shape index (κ2) is 14.5. The van der Waals surface area contributed by atoms with Crippen LogP contribution >= 0.6 is 11.6 Å². The first kappa shape index (κ1) is 31.8. The van der Waals surface area contributed by atoms with Crippen LogP contribution in [0.3, 0.4) is 0 Å². The molecule has 47 heavy (non-hydrogen) atoms. The lowest BCUT2D eigenvalue weighted by Crippen LogP contribution is -2.52. The molecule has 0 amide bonds. The van der Waals surface area contributed by atoms with Crippen LogP contribution in [0.25, 0.3) is 11.1 Å². The van der Waals surface area contributed by atoms with Crippen LogP contribution < -0.4 is 14.8 Å². The molecule has 3 atom stereocenters. The number of ether oxygens (including phenoxy) is 4. The zero-order chi connectivity index (χ0) is 32.2. The molecule has 1 N–H and O–H groups in total. The summed E-state index contributed by atoms with van der Waals surface area (Å²) in [7, 11) is 1.66. The van der Waals surface area contributed by atoms with Crippen LogP contribution in [-0.2, 0) is 16.0 Å². The van der Waals surface area contributed by atoms with Gasteiger partial charge in [-0.05, 0) is 63.1 Å². The smallest absolute Gasteiger partial charge is 0.257 e. The van der Waals surface area contributed by atoms with Crippen LogP contribution in [0, 0.1) is 0 Å². The van der Waals surface area contributed by atoms with Crippen molar-refractivity contribution in [2.24, 2.45) is 0 Å². The molecule has 1 aliphatic carbocycles. The Morgan fingerprint density at radius 1 is 0.979 bits per heavy atom. The van der Waals surface area contributed by atoms with E-state index in [4.69, 9.17) is 35.6 Å². The average Bonchev–Trinajstić information content (AvgIpc) is 3.81. The van der Waals surface area contributed by atoms with Gasteiger partial charge in [-0.3, -0.25) is 9.58 Å². The van der Waals surface area contributed by atoms with Gasteiger partial charge in [0.1, 0.15) is 36.8 Å². The molecule has 3 aliphatic rings. The molecule has 14 heteroatoms. The number of nitrogens with zero attached hydrogens (tertiary/aromatic N) is 8. The Labute approximate surface area is 279 Å². The lowest BCUT2D eigenvalue weighted by molar-refractivity contribution is -0.0458. The van der Waals surface area contributed by atoms with Crippen LogP contribution in [0.5, 0.6) is 11.6 Å². The van der Waals surface area contributed by atoms with E-state index in [1.165, 1.54) is 32.0 Å². The highest BCUT2D eigenvalue weighted by molar-refractivity contribution is 6.32. The van der Waals surface area contributed by atoms with Gasteiger partial charge in [-0.1, -0.05) is 17.7 Å². The molecule has 1 unspecified atom stereocenters. The highest BCUT2D eigenvalue weighted by Crippen LogP contribution is 2.39. The molecule has 3 fully saturated rings. The predicted molar refractivity (Wildman–Crippen MR) is 176 cm³/mol. The standard InChI is InChI=1S/C33H42ClN9O4/c1-22(16-41-21-35-20-38-41)47-31-13-23(3-10-29(31)34)24-14-36-33(37-15-24)39-30-17-42(40-32(30)46-12-11-44-2)25-4-6-26(7-5-25)43-27-8-9-28(43)19-45-18-27/h3,10,13-15,17,20-22,25-28H,4-9,11-12,16,18-19H2,1-2H3,(H,36,37,39)/t22?,25?,26?,27-,28+. The van der Waals surface area contributed by atoms with Crippen molar-refractivity contribution in [3.63, 3.8) is 0 Å². The van der Waals surface area contributed by atoms with Crippen LogP contribution in [-0.4, -0.2) is 97.2 Å². The molecule has 7 rings (SSSR count). The summed E-state index contributed by atoms with van der Waals surface area (Å²) in [6.07, 6.45) is 15.6. The Bertz CT molecular complexity index is 1580. The van der Waals surface area contributed by atoms with Gasteiger partial charge in [-0.25, -0.2) is 19.6 Å². The lowest BCUT2D eigenvalue weighted by atomic mass is 9.89. The molecule has 4 aromatic rings. The maximum Gasteiger partial charge on any atom is 0.257 e. The molecule has 1 saturated carbocycles. The van der Waals surface area contributed by atoms with Crippen LogP contribution in [0.4, 0.5) is 11.6 Å². The minimum atomic E-state index is -0.164. The Morgan fingerprint density at radius 3 is 2.45 bits per heavy atom. The van der Waals surface area contributed by atoms with Gasteiger partial charge >= 0.3 is 0 Å². The summed E-state index contributed by atoms with van der Waals surface area (Å²) >= 11 is 6.46. The van der Waals surface area contributed by atoms with E-state index in [9.17, 15) is 0 Å². The van der Waals surface area contributed by atoms with E-state index in [2.05, 4.69) is 34.9 Å². The van der Waals surface area contributed by atoms with E-state index in [0.717, 1.165) is 42.9 Å². The lowest BCUT2D eigenvalue weighted by Gasteiger charge is -2.43. The molecule has 1 aromatic carbocycles. The fourth-order valence-corrected chi connectivity index (χ4v) is 7.30. The van der Waals surface area contributed by atoms with Gasteiger partial charge in [0, 0.05) is 43.2 Å². The third-order valence-electron chi connectivity index (χ3n) is 9.38. The van der Waals surface area contributed by atoms with Crippen LogP contribution in [0.15, 0.2) is 49.4 Å². The normalized spacial score (nSPS) is 23.5. The number of nitrogens with one attached hydrogen (secondary N) is 1. The maximum absolute atomic E-state index is 6.46. The van der Waals surface area contributed by atoms with Gasteiger partial charge in [0.15, 0.2) is 0 Å². The molecule has 2 saturated heterocycles. The summed E-state index contributed by atoms with van der Waals surface area (Å²) in [5, 5.41) is 12.9. The summed E-state index contributed by atoms with van der Waals surface area (Å²) in [4.78, 5) is 16.0. The number of morpholine rings is 1. The van der Waals surface area contributed by atoms with Crippen molar-refractivity contribution in [1.29, 1.82) is 0 Å². The van der Waals surface area contributed by atoms with E-state index in [1.54, 1.807) is 30.5 Å². The van der Waals surface area contributed by atoms with Gasteiger partial charge in [-0.15, -0.1) is 5.10 Å². The third kappa shape index (κ3) is 7.38.